The smallest absolute Gasteiger partial charge is 0.166 e. The molecule has 96 valence electrons. The molecule has 0 saturated heterocycles. The lowest BCUT2D eigenvalue weighted by Gasteiger charge is -2.19. The highest BCUT2D eigenvalue weighted by Crippen LogP contribution is 2.24. The molecule has 0 N–H and O–H groups in total. The maximum Gasteiger partial charge on any atom is 0.166 e. The van der Waals surface area contributed by atoms with E-state index in [0.29, 0.717) is 0 Å². The molecule has 0 radical (unpaired) electrons. The number of hydrogen-bond donors (Lipinski definition) is 0. The van der Waals surface area contributed by atoms with Crippen molar-refractivity contribution in [1.29, 1.82) is 0 Å². The van der Waals surface area contributed by atoms with Gasteiger partial charge in [-0.3, -0.25) is 0 Å². The fraction of sp³-hybridized carbons (Fsp3) is 0.417. The highest BCUT2D eigenvalue weighted by molar-refractivity contribution is 6.75. The molecule has 0 aromatic carbocycles. The van der Waals surface area contributed by atoms with Crippen LogP contribution in [0.4, 0.5) is 5.82 Å². The van der Waals surface area contributed by atoms with E-state index in [9.17, 15) is 0 Å². The van der Waals surface area contributed by atoms with Crippen LogP contribution in [0.3, 0.4) is 0 Å². The van der Waals surface area contributed by atoms with Crippen LogP contribution in [0.15, 0.2) is 23.6 Å². The van der Waals surface area contributed by atoms with Crippen molar-refractivity contribution >= 4 is 31.4 Å². The van der Waals surface area contributed by atoms with Crippen LogP contribution in [0.2, 0.25) is 19.6 Å². The van der Waals surface area contributed by atoms with Gasteiger partial charge in [-0.25, -0.2) is 15.0 Å². The molecular weight excluding hydrogens is 242 g/mol. The third-order valence-electron chi connectivity index (χ3n) is 2.59. The first kappa shape index (κ1) is 12.8. The van der Waals surface area contributed by atoms with Crippen molar-refractivity contribution in [3.05, 3.63) is 18.6 Å². The van der Waals surface area contributed by atoms with Crippen molar-refractivity contribution < 1.29 is 0 Å². The Morgan fingerprint density at radius 3 is 2.61 bits per heavy atom. The third-order valence-corrected chi connectivity index (χ3v) is 4.40. The second kappa shape index (κ2) is 4.53. The molecule has 5 nitrogen and oxygen atoms in total. The average Bonchev–Trinajstić information content (AvgIpc) is 2.69. The molecule has 2 heterocycles. The molecule has 2 aromatic heterocycles. The van der Waals surface area contributed by atoms with Gasteiger partial charge in [-0.05, 0) is 12.3 Å². The molecule has 0 fully saturated rings. The molecule has 18 heavy (non-hydrogen) atoms. The quantitative estimate of drug-likeness (QED) is 0.484. The first-order chi connectivity index (χ1) is 8.39. The van der Waals surface area contributed by atoms with Gasteiger partial charge < -0.3 is 9.13 Å². The zero-order valence-corrected chi connectivity index (χ0v) is 12.5. The Kier molecular flexibility index (Phi) is 3.21. The summed E-state index contributed by atoms with van der Waals surface area (Å²) in [4.78, 5) is 14.9. The summed E-state index contributed by atoms with van der Waals surface area (Å²) in [7, 11) is 2.43. The summed E-state index contributed by atoms with van der Waals surface area (Å²) in [6.07, 6.45) is 5.44. The summed E-state index contributed by atoms with van der Waals surface area (Å²) >= 11 is 0. The van der Waals surface area contributed by atoms with Crippen molar-refractivity contribution in [3.63, 3.8) is 0 Å². The Bertz CT molecular complexity index is 580. The van der Waals surface area contributed by atoms with E-state index in [0.717, 1.165) is 16.9 Å². The monoisotopic (exact) mass is 261 g/mol. The molecule has 0 aliphatic rings. The fourth-order valence-corrected chi connectivity index (χ4v) is 3.09. The van der Waals surface area contributed by atoms with Crippen LogP contribution in [-0.4, -0.2) is 47.8 Å². The van der Waals surface area contributed by atoms with Crippen LogP contribution in [-0.2, 0) is 0 Å². The summed E-state index contributed by atoms with van der Waals surface area (Å²) in [5, 5.41) is 1.01. The van der Waals surface area contributed by atoms with Crippen molar-refractivity contribution in [2.24, 2.45) is 4.99 Å². The Labute approximate surface area is 108 Å². The van der Waals surface area contributed by atoms with Crippen LogP contribution >= 0.6 is 0 Å². The molecule has 2 rings (SSSR count). The Hall–Kier alpha value is -1.69. The van der Waals surface area contributed by atoms with E-state index in [4.69, 9.17) is 0 Å². The van der Waals surface area contributed by atoms with Gasteiger partial charge in [-0.2, -0.15) is 0 Å². The first-order valence-corrected chi connectivity index (χ1v) is 9.37. The molecule has 0 aliphatic carbocycles. The van der Waals surface area contributed by atoms with Crippen LogP contribution < -0.4 is 0 Å². The topological polar surface area (TPSA) is 46.3 Å². The average molecular weight is 261 g/mol. The number of fused-ring (bicyclic) bond motifs is 1. The van der Waals surface area contributed by atoms with Crippen molar-refractivity contribution in [1.82, 2.24) is 19.1 Å². The lowest BCUT2D eigenvalue weighted by molar-refractivity contribution is 0.643. The predicted molar refractivity (Wildman–Crippen MR) is 78.1 cm³/mol. The minimum absolute atomic E-state index is 0.728. The SMILES string of the molecule is CN(C)/C=N/c1ncnc2c1ccn2[Si](C)(C)C. The largest absolute Gasteiger partial charge is 0.369 e. The predicted octanol–water partition coefficient (Wildman–Crippen LogP) is 2.34. The molecule has 6 heteroatoms. The second-order valence-corrected chi connectivity index (χ2v) is 10.3. The standard InChI is InChI=1S/C12H19N5Si/c1-16(2)9-15-11-10-6-7-17(18(3,4)5)12(10)14-8-13-11/h6-9H,1-5H3/b15-9+. The minimum Gasteiger partial charge on any atom is -0.369 e. The molecule has 0 aliphatic heterocycles. The number of aliphatic imine (C=N–C) groups is 1. The van der Waals surface area contributed by atoms with Gasteiger partial charge >= 0.3 is 0 Å². The van der Waals surface area contributed by atoms with Gasteiger partial charge in [0.15, 0.2) is 14.1 Å². The normalized spacial score (nSPS) is 12.5. The van der Waals surface area contributed by atoms with Crippen molar-refractivity contribution in [3.8, 4) is 0 Å². The zero-order valence-electron chi connectivity index (χ0n) is 11.5. The maximum atomic E-state index is 4.39. The van der Waals surface area contributed by atoms with Crippen molar-refractivity contribution in [2.45, 2.75) is 19.6 Å². The summed E-state index contributed by atoms with van der Waals surface area (Å²) in [6.45, 7) is 6.87. The van der Waals surface area contributed by atoms with Gasteiger partial charge in [-0.1, -0.05) is 19.6 Å². The highest BCUT2D eigenvalue weighted by Gasteiger charge is 2.19. The van der Waals surface area contributed by atoms with Gasteiger partial charge in [0.1, 0.15) is 12.0 Å². The van der Waals surface area contributed by atoms with Gasteiger partial charge in [0.05, 0.1) is 11.7 Å². The van der Waals surface area contributed by atoms with Crippen LogP contribution in [0.5, 0.6) is 0 Å². The molecule has 0 atom stereocenters. The van der Waals surface area contributed by atoms with E-state index in [1.165, 1.54) is 0 Å². The van der Waals surface area contributed by atoms with Gasteiger partial charge in [0.2, 0.25) is 0 Å². The minimum atomic E-state index is -1.45. The van der Waals surface area contributed by atoms with E-state index in [1.807, 2.05) is 19.0 Å². The Morgan fingerprint density at radius 1 is 1.28 bits per heavy atom. The van der Waals surface area contributed by atoms with Gasteiger partial charge in [-0.15, -0.1) is 0 Å². The summed E-state index contributed by atoms with van der Waals surface area (Å²) in [5.41, 5.74) is 0.982. The van der Waals surface area contributed by atoms with E-state index in [1.54, 1.807) is 12.7 Å². The molecule has 0 spiro atoms. The molecule has 0 saturated carbocycles. The lowest BCUT2D eigenvalue weighted by atomic mass is 10.4. The summed E-state index contributed by atoms with van der Waals surface area (Å²) in [5.74, 6) is 0.728. The van der Waals surface area contributed by atoms with E-state index in [-0.39, 0.29) is 0 Å². The van der Waals surface area contributed by atoms with Crippen LogP contribution in [0, 0.1) is 0 Å². The van der Waals surface area contributed by atoms with E-state index < -0.39 is 8.24 Å². The number of rotatable bonds is 3. The maximum absolute atomic E-state index is 4.39. The lowest BCUT2D eigenvalue weighted by Crippen LogP contribution is -2.31. The summed E-state index contributed by atoms with van der Waals surface area (Å²) in [6, 6.07) is 2.05. The molecular formula is C12H19N5Si. The number of hydrogen-bond acceptors (Lipinski definition) is 3. The Balaban J connectivity index is 2.56. The van der Waals surface area contributed by atoms with Crippen LogP contribution in [0.25, 0.3) is 11.0 Å². The molecule has 0 amide bonds. The first-order valence-electron chi connectivity index (χ1n) is 5.93. The van der Waals surface area contributed by atoms with E-state index >= 15 is 0 Å². The van der Waals surface area contributed by atoms with Crippen molar-refractivity contribution in [2.75, 3.05) is 14.1 Å². The molecule has 0 bridgehead atoms. The van der Waals surface area contributed by atoms with E-state index in [2.05, 4.69) is 51.1 Å². The fourth-order valence-electron chi connectivity index (χ4n) is 1.75. The highest BCUT2D eigenvalue weighted by atomic mass is 28.3. The molecule has 2 aromatic rings. The number of aromatic nitrogens is 3. The zero-order chi connectivity index (χ0) is 13.3. The van der Waals surface area contributed by atoms with Gasteiger partial charge in [0, 0.05) is 14.1 Å². The third kappa shape index (κ3) is 2.43. The second-order valence-electron chi connectivity index (χ2n) is 5.50. The van der Waals surface area contributed by atoms with Crippen LogP contribution in [0.1, 0.15) is 0 Å². The van der Waals surface area contributed by atoms with Gasteiger partial charge in [0.25, 0.3) is 0 Å². The number of nitrogens with zero attached hydrogens (tertiary/aromatic N) is 5. The Morgan fingerprint density at radius 2 is 2.00 bits per heavy atom. The molecule has 0 unspecified atom stereocenters. The summed E-state index contributed by atoms with van der Waals surface area (Å²) < 4.78 is 2.28.